The number of hydrogen-bond donors (Lipinski definition) is 6. The summed E-state index contributed by atoms with van der Waals surface area (Å²) < 4.78 is 1.45. The van der Waals surface area contributed by atoms with Crippen molar-refractivity contribution in [2.24, 2.45) is 4.58 Å². The molecule has 0 aromatic carbocycles. The van der Waals surface area contributed by atoms with Crippen LogP contribution in [0.25, 0.3) is 0 Å². The highest BCUT2D eigenvalue weighted by atomic mass is 32.2. The average molecular weight is 381 g/mol. The van der Waals surface area contributed by atoms with Crippen molar-refractivity contribution in [2.45, 2.75) is 55.9 Å². The Hall–Kier alpha value is -1.60. The maximum atomic E-state index is 12.4. The second kappa shape index (κ2) is 10.4. The Morgan fingerprint density at radius 1 is 1.20 bits per heavy atom. The molecular formula is C13H23N3O8S. The molecule has 25 heavy (non-hydrogen) atoms. The number of nitrogens with one attached hydrogen (secondary N) is 2. The lowest BCUT2D eigenvalue weighted by Gasteiger charge is -2.32. The summed E-state index contributed by atoms with van der Waals surface area (Å²) in [4.78, 5) is 45.3. The Morgan fingerprint density at radius 2 is 1.76 bits per heavy atom. The van der Waals surface area contributed by atoms with Gasteiger partial charge in [0.15, 0.2) is 0 Å². The van der Waals surface area contributed by atoms with Crippen LogP contribution in [0, 0.1) is 4.91 Å². The van der Waals surface area contributed by atoms with Gasteiger partial charge in [0.25, 0.3) is 0 Å². The van der Waals surface area contributed by atoms with E-state index in [2.05, 4.69) is 15.2 Å². The minimum atomic E-state index is -1.92. The van der Waals surface area contributed by atoms with Crippen LogP contribution >= 0.6 is 11.9 Å². The molecule has 0 saturated carbocycles. The first-order valence-electron chi connectivity index (χ1n) is 7.20. The molecule has 0 aromatic heterocycles. The summed E-state index contributed by atoms with van der Waals surface area (Å²) in [6, 6.07) is -2.92. The molecule has 0 bridgehead atoms. The van der Waals surface area contributed by atoms with Crippen molar-refractivity contribution in [1.29, 1.82) is 0 Å². The number of carbonyl (C=O) groups is 3. The highest BCUT2D eigenvalue weighted by Gasteiger charge is 2.40. The smallest absolute Gasteiger partial charge is 0.244 e. The summed E-state index contributed by atoms with van der Waals surface area (Å²) in [6.07, 6.45) is -5.43. The quantitative estimate of drug-likeness (QED) is 0.127. The second-order valence-electron chi connectivity index (χ2n) is 5.80. The van der Waals surface area contributed by atoms with Gasteiger partial charge in [-0.25, -0.2) is 0 Å². The summed E-state index contributed by atoms with van der Waals surface area (Å²) in [5, 5.41) is 42.0. The number of hydrogen-bond acceptors (Lipinski definition) is 10. The summed E-state index contributed by atoms with van der Waals surface area (Å²) in [5.74, 6) is -1.50. The zero-order chi connectivity index (χ0) is 19.8. The molecule has 11 nitrogen and oxygen atoms in total. The molecule has 12 heteroatoms. The number of amides is 2. The van der Waals surface area contributed by atoms with E-state index < -0.39 is 53.6 Å². The van der Waals surface area contributed by atoms with Gasteiger partial charge in [-0.2, -0.15) is 0 Å². The van der Waals surface area contributed by atoms with Crippen LogP contribution in [-0.2, 0) is 14.4 Å². The normalized spacial score (nSPS) is 17.6. The maximum absolute atomic E-state index is 12.4. The fourth-order valence-electron chi connectivity index (χ4n) is 1.90. The molecule has 0 aromatic rings. The van der Waals surface area contributed by atoms with Crippen molar-refractivity contribution in [1.82, 2.24) is 10.6 Å². The lowest BCUT2D eigenvalue weighted by Crippen LogP contribution is -2.61. The van der Waals surface area contributed by atoms with Gasteiger partial charge in [0.2, 0.25) is 11.8 Å². The molecule has 0 aliphatic rings. The van der Waals surface area contributed by atoms with E-state index in [9.17, 15) is 34.6 Å². The minimum absolute atomic E-state index is 0.124. The lowest BCUT2D eigenvalue weighted by atomic mass is 9.99. The molecule has 1 unspecified atom stereocenters. The number of nitrogens with zero attached hydrogens (tertiary/aromatic N) is 1. The van der Waals surface area contributed by atoms with Crippen LogP contribution < -0.4 is 10.6 Å². The van der Waals surface area contributed by atoms with E-state index in [1.165, 1.54) is 13.8 Å². The number of carbonyl (C=O) groups excluding carboxylic acids is 3. The third-order valence-electron chi connectivity index (χ3n) is 3.33. The van der Waals surface area contributed by atoms with Gasteiger partial charge in [0.05, 0.1) is 11.4 Å². The zero-order valence-electron chi connectivity index (χ0n) is 13.9. The monoisotopic (exact) mass is 381 g/mol. The topological polar surface area (TPSA) is 186 Å². The highest BCUT2D eigenvalue weighted by molar-refractivity contribution is 7.99. The van der Waals surface area contributed by atoms with Crippen molar-refractivity contribution >= 4 is 30.0 Å². The molecule has 0 spiro atoms. The summed E-state index contributed by atoms with van der Waals surface area (Å²) in [7, 11) is 0. The van der Waals surface area contributed by atoms with Gasteiger partial charge in [-0.15, -0.1) is 4.91 Å². The molecule has 0 heterocycles. The molecule has 6 N–H and O–H groups in total. The molecule has 5 atom stereocenters. The van der Waals surface area contributed by atoms with E-state index in [0.717, 1.165) is 6.92 Å². The third-order valence-corrected chi connectivity index (χ3v) is 4.11. The first-order valence-corrected chi connectivity index (χ1v) is 7.97. The fourth-order valence-corrected chi connectivity index (χ4v) is 2.37. The van der Waals surface area contributed by atoms with Crippen molar-refractivity contribution in [3.05, 3.63) is 4.91 Å². The van der Waals surface area contributed by atoms with Gasteiger partial charge in [0.1, 0.15) is 36.7 Å². The van der Waals surface area contributed by atoms with Crippen molar-refractivity contribution in [3.8, 4) is 0 Å². The van der Waals surface area contributed by atoms with Gasteiger partial charge in [-0.3, -0.25) is 9.59 Å². The summed E-state index contributed by atoms with van der Waals surface area (Å²) in [6.45, 7) is 3.18. The second-order valence-corrected chi connectivity index (χ2v) is 7.19. The molecule has 0 radical (unpaired) electrons. The molecule has 0 fully saturated rings. The maximum Gasteiger partial charge on any atom is 0.244 e. The van der Waals surface area contributed by atoms with Crippen LogP contribution in [0.3, 0.4) is 0 Å². The van der Waals surface area contributed by atoms with Gasteiger partial charge >= 0.3 is 0 Å². The van der Waals surface area contributed by atoms with Crippen LogP contribution in [-0.4, -0.2) is 80.3 Å². The third kappa shape index (κ3) is 7.04. The lowest BCUT2D eigenvalue weighted by molar-refractivity contribution is -0.134. The van der Waals surface area contributed by atoms with E-state index in [0.29, 0.717) is 11.9 Å². The van der Waals surface area contributed by atoms with Crippen LogP contribution in [0.2, 0.25) is 0 Å². The predicted octanol–water partition coefficient (Wildman–Crippen LogP) is -2.56. The van der Waals surface area contributed by atoms with Gasteiger partial charge in [0, 0.05) is 23.5 Å². The van der Waals surface area contributed by atoms with E-state index in [4.69, 9.17) is 5.11 Å². The molecule has 2 amide bonds. The summed E-state index contributed by atoms with van der Waals surface area (Å²) in [5.41, 5.74) is 0. The van der Waals surface area contributed by atoms with Crippen molar-refractivity contribution in [3.63, 3.8) is 0 Å². The predicted molar refractivity (Wildman–Crippen MR) is 88.2 cm³/mol. The zero-order valence-corrected chi connectivity index (χ0v) is 14.8. The molecular weight excluding hydrogens is 358 g/mol. The Kier molecular flexibility index (Phi) is 9.74. The van der Waals surface area contributed by atoms with E-state index >= 15 is 0 Å². The molecule has 144 valence electrons. The number of aliphatic hydroxyl groups is 4. The van der Waals surface area contributed by atoms with Gasteiger partial charge < -0.3 is 35.9 Å². The van der Waals surface area contributed by atoms with Crippen molar-refractivity contribution in [2.75, 3.05) is 6.61 Å². The molecule has 0 aliphatic carbocycles. The Morgan fingerprint density at radius 3 is 2.16 bits per heavy atom. The SMILES string of the molecule is CC(=O)NC(C(=O)N[C@@H](C=O)[C@@H](O)[C@H](O)[C@H](O)CO)C(C)(C)SN=O. The number of aliphatic hydroxyl groups excluding tert-OH is 4. The Balaban J connectivity index is 5.32. The Labute approximate surface area is 148 Å². The van der Waals surface area contributed by atoms with Crippen LogP contribution in [0.1, 0.15) is 20.8 Å². The van der Waals surface area contributed by atoms with Gasteiger partial charge in [-0.05, 0) is 13.8 Å². The minimum Gasteiger partial charge on any atom is -0.394 e. The van der Waals surface area contributed by atoms with E-state index in [1.54, 1.807) is 0 Å². The average Bonchev–Trinajstić information content (AvgIpc) is 2.54. The van der Waals surface area contributed by atoms with E-state index in [1.807, 2.05) is 0 Å². The molecule has 0 rings (SSSR count). The van der Waals surface area contributed by atoms with Crippen LogP contribution in [0.4, 0.5) is 0 Å². The van der Waals surface area contributed by atoms with E-state index in [-0.39, 0.29) is 6.29 Å². The molecule has 0 saturated heterocycles. The first-order chi connectivity index (χ1) is 11.5. The van der Waals surface area contributed by atoms with Gasteiger partial charge in [-0.1, -0.05) is 0 Å². The number of aldehydes is 1. The number of rotatable bonds is 11. The largest absolute Gasteiger partial charge is 0.394 e. The standard InChI is InChI=1S/C13H23N3O8S/c1-6(19)14-11(13(2,3)25-16-24)12(23)15-7(4-17)9(21)10(22)8(20)5-18/h4,7-11,18,20-22H,5H2,1-3H3,(H,14,19)(H,15,23)/t7-,8+,9+,10+,11?/m0/s1. The number of nitroso groups, excluding NO2 is 1. The van der Waals surface area contributed by atoms with Crippen LogP contribution in [0.15, 0.2) is 4.58 Å². The van der Waals surface area contributed by atoms with Crippen LogP contribution in [0.5, 0.6) is 0 Å². The molecule has 0 aliphatic heterocycles. The summed E-state index contributed by atoms with van der Waals surface area (Å²) >= 11 is 0.491. The fraction of sp³-hybridized carbons (Fsp3) is 0.769. The van der Waals surface area contributed by atoms with Crippen molar-refractivity contribution < 1.29 is 34.8 Å². The Bertz CT molecular complexity index is 490. The highest BCUT2D eigenvalue weighted by Crippen LogP contribution is 2.29. The first kappa shape index (κ1) is 23.4.